The number of carbonyl (C=O) groups is 1. The van der Waals surface area contributed by atoms with Gasteiger partial charge in [-0.05, 0) is 6.07 Å². The van der Waals surface area contributed by atoms with E-state index in [1.165, 1.54) is 24.9 Å². The monoisotopic (exact) mass is 254 g/mol. The van der Waals surface area contributed by atoms with Crippen LogP contribution in [0.15, 0.2) is 12.3 Å². The molecule has 0 radical (unpaired) electrons. The Hall–Kier alpha value is -1.18. The molecule has 1 aromatic heterocycles. The molecule has 5 heteroatoms. The number of hydrogen-bond acceptors (Lipinski definition) is 4. The van der Waals surface area contributed by atoms with Crippen molar-refractivity contribution in [2.45, 2.75) is 13.3 Å². The van der Waals surface area contributed by atoms with E-state index in [4.69, 9.17) is 17.3 Å². The van der Waals surface area contributed by atoms with Crippen LogP contribution >= 0.6 is 23.4 Å². The second kappa shape index (κ2) is 6.41. The highest BCUT2D eigenvalue weighted by Gasteiger charge is 1.97. The molecule has 84 valence electrons. The Labute approximate surface area is 104 Å². The lowest BCUT2D eigenvalue weighted by molar-refractivity contribution is -0.109. The van der Waals surface area contributed by atoms with Gasteiger partial charge in [-0.15, -0.1) is 0 Å². The molecule has 2 N–H and O–H groups in total. The van der Waals surface area contributed by atoms with E-state index >= 15 is 0 Å². The molecule has 0 aliphatic rings. The summed E-state index contributed by atoms with van der Waals surface area (Å²) in [6, 6.07) is 1.68. The molecule has 0 aromatic carbocycles. The largest absolute Gasteiger partial charge is 0.383 e. The molecule has 0 atom stereocenters. The highest BCUT2D eigenvalue weighted by molar-refractivity contribution is 8.13. The van der Waals surface area contributed by atoms with Gasteiger partial charge >= 0.3 is 0 Å². The lowest BCUT2D eigenvalue weighted by Crippen LogP contribution is -1.93. The minimum Gasteiger partial charge on any atom is -0.383 e. The molecule has 0 saturated heterocycles. The molecule has 0 aliphatic heterocycles. The highest BCUT2D eigenvalue weighted by atomic mass is 35.5. The summed E-state index contributed by atoms with van der Waals surface area (Å²) in [5.74, 6) is 6.87. The molecule has 1 aromatic rings. The molecular weight excluding hydrogens is 244 g/mol. The van der Waals surface area contributed by atoms with Crippen molar-refractivity contribution < 1.29 is 4.79 Å². The third-order valence-electron chi connectivity index (χ3n) is 1.64. The Morgan fingerprint density at radius 2 is 2.44 bits per heavy atom. The van der Waals surface area contributed by atoms with Crippen LogP contribution in [0.2, 0.25) is 5.02 Å². The maximum absolute atomic E-state index is 10.6. The number of nitrogens with two attached hydrogens (primary N) is 1. The minimum atomic E-state index is 0.103. The summed E-state index contributed by atoms with van der Waals surface area (Å²) in [7, 11) is 0. The summed E-state index contributed by atoms with van der Waals surface area (Å²) in [5, 5.41) is 0.613. The molecule has 0 fully saturated rings. The van der Waals surface area contributed by atoms with Gasteiger partial charge in [-0.1, -0.05) is 35.2 Å². The van der Waals surface area contributed by atoms with Gasteiger partial charge in [-0.3, -0.25) is 4.79 Å². The Balaban J connectivity index is 2.56. The minimum absolute atomic E-state index is 0.103. The van der Waals surface area contributed by atoms with Crippen LogP contribution in [0.4, 0.5) is 5.82 Å². The van der Waals surface area contributed by atoms with E-state index in [0.717, 1.165) is 0 Å². The molecule has 16 heavy (non-hydrogen) atoms. The summed E-state index contributed by atoms with van der Waals surface area (Å²) >= 11 is 7.02. The summed E-state index contributed by atoms with van der Waals surface area (Å²) < 4.78 is 0. The van der Waals surface area contributed by atoms with Gasteiger partial charge in [-0.2, -0.15) is 0 Å². The lowest BCUT2D eigenvalue weighted by atomic mass is 10.2. The van der Waals surface area contributed by atoms with Crippen LogP contribution in [0, 0.1) is 11.8 Å². The van der Waals surface area contributed by atoms with E-state index < -0.39 is 0 Å². The number of thioether (sulfide) groups is 1. The van der Waals surface area contributed by atoms with Gasteiger partial charge < -0.3 is 5.73 Å². The molecular formula is C11H11ClN2OS. The number of halogens is 1. The smallest absolute Gasteiger partial charge is 0.185 e. The maximum atomic E-state index is 10.6. The molecule has 1 heterocycles. The van der Waals surface area contributed by atoms with Crippen LogP contribution < -0.4 is 5.73 Å². The van der Waals surface area contributed by atoms with E-state index in [9.17, 15) is 4.79 Å². The fourth-order valence-electron chi connectivity index (χ4n) is 0.953. The van der Waals surface area contributed by atoms with Crippen LogP contribution in [0.3, 0.4) is 0 Å². The third kappa shape index (κ3) is 4.56. The third-order valence-corrected chi connectivity index (χ3v) is 2.66. The number of carbonyl (C=O) groups excluding carboxylic acids is 1. The highest BCUT2D eigenvalue weighted by Crippen LogP contribution is 2.13. The Morgan fingerprint density at radius 1 is 1.69 bits per heavy atom. The summed E-state index contributed by atoms with van der Waals surface area (Å²) in [6.45, 7) is 1.54. The molecule has 0 aliphatic carbocycles. The molecule has 0 bridgehead atoms. The van der Waals surface area contributed by atoms with Crippen LogP contribution in [0.5, 0.6) is 0 Å². The number of nitrogen functional groups attached to an aromatic ring is 1. The maximum Gasteiger partial charge on any atom is 0.185 e. The van der Waals surface area contributed by atoms with E-state index in [2.05, 4.69) is 16.8 Å². The predicted molar refractivity (Wildman–Crippen MR) is 68.3 cm³/mol. The van der Waals surface area contributed by atoms with Gasteiger partial charge in [0, 0.05) is 25.3 Å². The van der Waals surface area contributed by atoms with Crippen molar-refractivity contribution in [1.82, 2.24) is 4.98 Å². The average molecular weight is 255 g/mol. The van der Waals surface area contributed by atoms with Crippen LogP contribution in [-0.2, 0) is 4.79 Å². The van der Waals surface area contributed by atoms with Gasteiger partial charge in [0.2, 0.25) is 0 Å². The lowest BCUT2D eigenvalue weighted by Gasteiger charge is -1.96. The Kier molecular flexibility index (Phi) is 5.17. The zero-order valence-electron chi connectivity index (χ0n) is 8.79. The molecule has 0 amide bonds. The van der Waals surface area contributed by atoms with Crippen molar-refractivity contribution in [3.63, 3.8) is 0 Å². The number of anilines is 1. The molecule has 3 nitrogen and oxygen atoms in total. The van der Waals surface area contributed by atoms with Crippen molar-refractivity contribution in [3.05, 3.63) is 22.8 Å². The first kappa shape index (κ1) is 12.9. The fourth-order valence-corrected chi connectivity index (χ4v) is 1.60. The number of hydrogen-bond donors (Lipinski definition) is 1. The molecule has 0 unspecified atom stereocenters. The van der Waals surface area contributed by atoms with Gasteiger partial charge in [0.05, 0.1) is 10.6 Å². The van der Waals surface area contributed by atoms with Crippen LogP contribution in [-0.4, -0.2) is 15.9 Å². The zero-order valence-corrected chi connectivity index (χ0v) is 10.4. The zero-order chi connectivity index (χ0) is 12.0. The van der Waals surface area contributed by atoms with E-state index in [0.29, 0.717) is 28.6 Å². The summed E-state index contributed by atoms with van der Waals surface area (Å²) in [5.41, 5.74) is 6.25. The van der Waals surface area contributed by atoms with Crippen molar-refractivity contribution in [1.29, 1.82) is 0 Å². The normalized spacial score (nSPS) is 9.38. The number of rotatable bonds is 2. The van der Waals surface area contributed by atoms with Crippen molar-refractivity contribution in [3.8, 4) is 11.8 Å². The SMILES string of the molecule is CC(=O)SCCC#Cc1cc(Cl)cnc1N. The van der Waals surface area contributed by atoms with Crippen LogP contribution in [0.25, 0.3) is 0 Å². The summed E-state index contributed by atoms with van der Waals surface area (Å²) in [6.07, 6.45) is 2.11. The van der Waals surface area contributed by atoms with E-state index in [1.54, 1.807) is 6.07 Å². The standard InChI is InChI=1S/C11H11ClN2OS/c1-8(15)16-5-3-2-4-9-6-10(12)7-14-11(9)13/h6-7H,3,5H2,1H3,(H2,13,14). The topological polar surface area (TPSA) is 56.0 Å². The van der Waals surface area contributed by atoms with Crippen LogP contribution in [0.1, 0.15) is 18.9 Å². The Bertz CT molecular complexity index is 451. The Morgan fingerprint density at radius 3 is 3.12 bits per heavy atom. The van der Waals surface area contributed by atoms with Gasteiger partial charge in [-0.25, -0.2) is 4.98 Å². The number of nitrogens with zero attached hydrogens (tertiary/aromatic N) is 1. The molecule has 1 rings (SSSR count). The van der Waals surface area contributed by atoms with Crippen molar-refractivity contribution in [2.75, 3.05) is 11.5 Å². The van der Waals surface area contributed by atoms with Crippen molar-refractivity contribution >= 4 is 34.3 Å². The van der Waals surface area contributed by atoms with Gasteiger partial charge in [0.1, 0.15) is 5.82 Å². The quantitative estimate of drug-likeness (QED) is 0.650. The molecule has 0 saturated carbocycles. The van der Waals surface area contributed by atoms with Gasteiger partial charge in [0.15, 0.2) is 5.12 Å². The number of pyridine rings is 1. The first-order chi connectivity index (χ1) is 7.59. The van der Waals surface area contributed by atoms with E-state index in [-0.39, 0.29) is 5.12 Å². The first-order valence-corrected chi connectivity index (χ1v) is 5.99. The molecule has 0 spiro atoms. The summed E-state index contributed by atoms with van der Waals surface area (Å²) in [4.78, 5) is 14.5. The second-order valence-electron chi connectivity index (χ2n) is 2.98. The van der Waals surface area contributed by atoms with E-state index in [1.807, 2.05) is 0 Å². The average Bonchev–Trinajstić information content (AvgIpc) is 2.22. The number of aromatic nitrogens is 1. The fraction of sp³-hybridized carbons (Fsp3) is 0.273. The second-order valence-corrected chi connectivity index (χ2v) is 4.69. The predicted octanol–water partition coefficient (Wildman–Crippen LogP) is 2.34. The van der Waals surface area contributed by atoms with Gasteiger partial charge in [0.25, 0.3) is 0 Å². The van der Waals surface area contributed by atoms with Crippen molar-refractivity contribution in [2.24, 2.45) is 0 Å². The first-order valence-electron chi connectivity index (χ1n) is 4.63.